The summed E-state index contributed by atoms with van der Waals surface area (Å²) in [7, 11) is 0. The molecule has 28 heavy (non-hydrogen) atoms. The summed E-state index contributed by atoms with van der Waals surface area (Å²) in [4.78, 5) is 46.7. The lowest BCUT2D eigenvalue weighted by atomic mass is 9.92. The number of rotatable bonds is 8. The van der Waals surface area contributed by atoms with E-state index in [0.717, 1.165) is 0 Å². The molecular formula is C20H24O8. The predicted molar refractivity (Wildman–Crippen MR) is 98.5 cm³/mol. The van der Waals surface area contributed by atoms with Gasteiger partial charge in [0.1, 0.15) is 31.2 Å². The minimum atomic E-state index is -0.775. The lowest BCUT2D eigenvalue weighted by molar-refractivity contribution is -0.141. The summed E-state index contributed by atoms with van der Waals surface area (Å²) < 4.78 is 20.0. The Morgan fingerprint density at radius 1 is 1.07 bits per heavy atom. The van der Waals surface area contributed by atoms with E-state index in [9.17, 15) is 19.2 Å². The third kappa shape index (κ3) is 6.53. The molecule has 1 unspecified atom stereocenters. The van der Waals surface area contributed by atoms with Gasteiger partial charge in [-0.05, 0) is 31.6 Å². The van der Waals surface area contributed by atoms with Gasteiger partial charge in [-0.2, -0.15) is 0 Å². The van der Waals surface area contributed by atoms with Crippen molar-refractivity contribution in [3.05, 3.63) is 47.3 Å². The number of cyclic esters (lactones) is 1. The van der Waals surface area contributed by atoms with Gasteiger partial charge in [0.2, 0.25) is 0 Å². The van der Waals surface area contributed by atoms with Crippen molar-refractivity contribution in [1.82, 2.24) is 0 Å². The van der Waals surface area contributed by atoms with E-state index in [1.54, 1.807) is 13.0 Å². The molecule has 0 spiro atoms. The van der Waals surface area contributed by atoms with Crippen LogP contribution in [0.25, 0.3) is 0 Å². The number of carbonyl (C=O) groups excluding carboxylic acids is 4. The zero-order valence-electron chi connectivity index (χ0n) is 16.4. The predicted octanol–water partition coefficient (Wildman–Crippen LogP) is 2.16. The Kier molecular flexibility index (Phi) is 8.87. The van der Waals surface area contributed by atoms with Gasteiger partial charge in [-0.15, -0.1) is 6.58 Å². The van der Waals surface area contributed by atoms with Crippen LogP contribution in [-0.4, -0.2) is 43.7 Å². The molecule has 152 valence electrons. The third-order valence-corrected chi connectivity index (χ3v) is 3.76. The van der Waals surface area contributed by atoms with Crippen LogP contribution in [0.2, 0.25) is 0 Å². The Morgan fingerprint density at radius 3 is 2.21 bits per heavy atom. The first-order valence-corrected chi connectivity index (χ1v) is 8.54. The summed E-state index contributed by atoms with van der Waals surface area (Å²) in [6.07, 6.45) is 4.56. The molecule has 0 radical (unpaired) electrons. The van der Waals surface area contributed by atoms with Crippen molar-refractivity contribution in [2.45, 2.75) is 27.7 Å². The van der Waals surface area contributed by atoms with Gasteiger partial charge < -0.3 is 18.9 Å². The van der Waals surface area contributed by atoms with Gasteiger partial charge >= 0.3 is 23.9 Å². The second-order valence-corrected chi connectivity index (χ2v) is 5.88. The molecular weight excluding hydrogens is 368 g/mol. The summed E-state index contributed by atoms with van der Waals surface area (Å²) in [6.45, 7) is 9.21. The highest BCUT2D eigenvalue weighted by Crippen LogP contribution is 2.30. The van der Waals surface area contributed by atoms with Crippen molar-refractivity contribution >= 4 is 23.9 Å². The highest BCUT2D eigenvalue weighted by Gasteiger charge is 2.33. The molecule has 0 aromatic rings. The van der Waals surface area contributed by atoms with E-state index in [4.69, 9.17) is 18.9 Å². The van der Waals surface area contributed by atoms with Crippen LogP contribution < -0.4 is 0 Å². The lowest BCUT2D eigenvalue weighted by Crippen LogP contribution is -2.16. The van der Waals surface area contributed by atoms with Crippen LogP contribution in [0.15, 0.2) is 47.3 Å². The average Bonchev–Trinajstić information content (AvgIpc) is 2.97. The molecule has 1 atom stereocenters. The molecule has 0 N–H and O–H groups in total. The fourth-order valence-corrected chi connectivity index (χ4v) is 2.55. The Bertz CT molecular complexity index is 754. The van der Waals surface area contributed by atoms with Gasteiger partial charge in [0, 0.05) is 19.8 Å². The van der Waals surface area contributed by atoms with Crippen LogP contribution in [0.1, 0.15) is 27.7 Å². The highest BCUT2D eigenvalue weighted by atomic mass is 16.6. The van der Waals surface area contributed by atoms with E-state index in [2.05, 4.69) is 6.58 Å². The summed E-state index contributed by atoms with van der Waals surface area (Å²) in [5, 5.41) is 0. The van der Waals surface area contributed by atoms with E-state index in [-0.39, 0.29) is 42.6 Å². The van der Waals surface area contributed by atoms with E-state index in [0.29, 0.717) is 5.57 Å². The molecule has 0 aromatic carbocycles. The maximum atomic E-state index is 12.6. The van der Waals surface area contributed by atoms with Gasteiger partial charge in [-0.3, -0.25) is 9.59 Å². The number of hydrogen-bond acceptors (Lipinski definition) is 8. The normalized spacial score (nSPS) is 18.9. The van der Waals surface area contributed by atoms with Gasteiger partial charge in [-0.25, -0.2) is 9.59 Å². The first kappa shape index (κ1) is 22.9. The van der Waals surface area contributed by atoms with Crippen LogP contribution in [-0.2, 0) is 38.1 Å². The van der Waals surface area contributed by atoms with Crippen LogP contribution in [0.3, 0.4) is 0 Å². The van der Waals surface area contributed by atoms with Gasteiger partial charge in [0.15, 0.2) is 0 Å². The molecule has 8 heteroatoms. The van der Waals surface area contributed by atoms with E-state index in [1.807, 2.05) is 0 Å². The molecule has 1 saturated heterocycles. The second-order valence-electron chi connectivity index (χ2n) is 5.88. The van der Waals surface area contributed by atoms with Crippen LogP contribution in [0.4, 0.5) is 0 Å². The molecule has 1 rings (SSSR count). The molecule has 0 bridgehead atoms. The SMILES string of the molecule is C=CC1COC(=O)/C1=C(C)/C(C(=O)OC/C=C\COC(C)=O)=C(\C)OC(C)=O. The molecule has 1 aliphatic rings. The van der Waals surface area contributed by atoms with Crippen molar-refractivity contribution in [3.8, 4) is 0 Å². The maximum Gasteiger partial charge on any atom is 0.342 e. The van der Waals surface area contributed by atoms with Gasteiger partial charge in [0.25, 0.3) is 0 Å². The Hall–Kier alpha value is -3.16. The molecule has 1 heterocycles. The monoisotopic (exact) mass is 392 g/mol. The zero-order chi connectivity index (χ0) is 21.3. The van der Waals surface area contributed by atoms with E-state index >= 15 is 0 Å². The van der Waals surface area contributed by atoms with Gasteiger partial charge in [-0.1, -0.05) is 6.08 Å². The van der Waals surface area contributed by atoms with Crippen LogP contribution in [0.5, 0.6) is 0 Å². The molecule has 8 nitrogen and oxygen atoms in total. The topological polar surface area (TPSA) is 105 Å². The van der Waals surface area contributed by atoms with Crippen molar-refractivity contribution in [3.63, 3.8) is 0 Å². The number of esters is 4. The zero-order valence-corrected chi connectivity index (χ0v) is 16.4. The van der Waals surface area contributed by atoms with Crippen molar-refractivity contribution in [2.75, 3.05) is 19.8 Å². The first-order valence-electron chi connectivity index (χ1n) is 8.54. The second kappa shape index (κ2) is 10.9. The third-order valence-electron chi connectivity index (χ3n) is 3.76. The number of hydrogen-bond donors (Lipinski definition) is 0. The standard InChI is InChI=1S/C20H24O8/c1-6-16-11-27-20(24)18(16)12(2)17(13(3)28-15(5)22)19(23)26-10-8-7-9-25-14(4)21/h6-8,16H,1,9-11H2,2-5H3/b8-7-,17-13-,18-12+. The fourth-order valence-electron chi connectivity index (χ4n) is 2.55. The molecule has 0 aromatic heterocycles. The van der Waals surface area contributed by atoms with Crippen LogP contribution >= 0.6 is 0 Å². The summed E-state index contributed by atoms with van der Waals surface area (Å²) in [5.41, 5.74) is 0.517. The first-order chi connectivity index (χ1) is 13.2. The lowest BCUT2D eigenvalue weighted by Gasteiger charge is -2.14. The van der Waals surface area contributed by atoms with Crippen molar-refractivity contribution in [1.29, 1.82) is 0 Å². The van der Waals surface area contributed by atoms with E-state index < -0.39 is 23.9 Å². The molecule has 1 aliphatic heterocycles. The number of ether oxygens (including phenoxy) is 4. The average molecular weight is 392 g/mol. The fraction of sp³-hybridized carbons (Fsp3) is 0.400. The Morgan fingerprint density at radius 2 is 1.68 bits per heavy atom. The smallest absolute Gasteiger partial charge is 0.342 e. The molecule has 1 fully saturated rings. The molecule has 0 aliphatic carbocycles. The summed E-state index contributed by atoms with van der Waals surface area (Å²) in [6, 6.07) is 0. The summed E-state index contributed by atoms with van der Waals surface area (Å²) >= 11 is 0. The largest absolute Gasteiger partial charge is 0.462 e. The van der Waals surface area contributed by atoms with Gasteiger partial charge in [0.05, 0.1) is 5.57 Å². The Balaban J connectivity index is 3.08. The summed E-state index contributed by atoms with van der Waals surface area (Å²) in [5.74, 6) is -2.76. The minimum absolute atomic E-state index is 0.00825. The highest BCUT2D eigenvalue weighted by molar-refractivity contribution is 6.00. The van der Waals surface area contributed by atoms with Crippen molar-refractivity contribution in [2.24, 2.45) is 5.92 Å². The quantitative estimate of drug-likeness (QED) is 0.203. The number of carbonyl (C=O) groups is 4. The van der Waals surface area contributed by atoms with Crippen molar-refractivity contribution < 1.29 is 38.1 Å². The van der Waals surface area contributed by atoms with E-state index in [1.165, 1.54) is 32.9 Å². The minimum Gasteiger partial charge on any atom is -0.462 e. The number of allylic oxidation sites excluding steroid dienone is 1. The molecule has 0 saturated carbocycles. The molecule has 0 amide bonds. The Labute approximate surface area is 163 Å². The van der Waals surface area contributed by atoms with Crippen LogP contribution in [0, 0.1) is 5.92 Å². The maximum absolute atomic E-state index is 12.6.